The van der Waals surface area contributed by atoms with Crippen molar-refractivity contribution in [3.8, 4) is 18.0 Å². The van der Waals surface area contributed by atoms with Gasteiger partial charge in [0.1, 0.15) is 6.04 Å². The van der Waals surface area contributed by atoms with E-state index in [1.165, 1.54) is 20.7 Å². The minimum Gasteiger partial charge on any atom is -0.337 e. The number of amides is 4. The van der Waals surface area contributed by atoms with Crippen LogP contribution in [-0.2, 0) is 16.1 Å². The van der Waals surface area contributed by atoms with Crippen molar-refractivity contribution in [2.45, 2.75) is 44.8 Å². The topological polar surface area (TPSA) is 118 Å². The Kier molecular flexibility index (Phi) is 5.48. The maximum Gasteiger partial charge on any atom is 0.276 e. The van der Waals surface area contributed by atoms with Crippen molar-refractivity contribution in [2.75, 3.05) is 7.05 Å². The number of aromatic nitrogens is 3. The normalized spacial score (nSPS) is 18.7. The van der Waals surface area contributed by atoms with Gasteiger partial charge in [0, 0.05) is 38.0 Å². The average molecular weight is 434 g/mol. The van der Waals surface area contributed by atoms with E-state index < -0.39 is 11.9 Å². The third kappa shape index (κ3) is 3.73. The summed E-state index contributed by atoms with van der Waals surface area (Å²) in [5.74, 6) is 1.22. The largest absolute Gasteiger partial charge is 0.337 e. The number of rotatable bonds is 5. The van der Waals surface area contributed by atoms with Gasteiger partial charge in [-0.3, -0.25) is 24.5 Å². The number of carbonyl (C=O) groups is 4. The minimum absolute atomic E-state index is 0.137. The maximum atomic E-state index is 12.8. The highest BCUT2D eigenvalue weighted by Crippen LogP contribution is 2.29. The molecule has 1 N–H and O–H groups in total. The fourth-order valence-corrected chi connectivity index (χ4v) is 3.88. The Hall–Kier alpha value is -4.00. The van der Waals surface area contributed by atoms with Gasteiger partial charge in [0.15, 0.2) is 5.69 Å². The molecule has 1 saturated heterocycles. The van der Waals surface area contributed by atoms with E-state index in [4.69, 9.17) is 6.42 Å². The number of hydrogen-bond donors (Lipinski definition) is 1. The van der Waals surface area contributed by atoms with Gasteiger partial charge >= 0.3 is 0 Å². The zero-order valence-electron chi connectivity index (χ0n) is 17.7. The van der Waals surface area contributed by atoms with Crippen molar-refractivity contribution in [1.29, 1.82) is 0 Å². The zero-order valence-corrected chi connectivity index (χ0v) is 17.7. The molecule has 2 aliphatic heterocycles. The van der Waals surface area contributed by atoms with Crippen molar-refractivity contribution in [3.05, 3.63) is 41.2 Å². The molecule has 0 aliphatic carbocycles. The van der Waals surface area contributed by atoms with Crippen LogP contribution in [0.1, 0.15) is 52.6 Å². The van der Waals surface area contributed by atoms with Gasteiger partial charge in [0.2, 0.25) is 11.8 Å². The quantitative estimate of drug-likeness (QED) is 0.541. The number of imide groups is 1. The van der Waals surface area contributed by atoms with Gasteiger partial charge in [-0.2, -0.15) is 0 Å². The smallest absolute Gasteiger partial charge is 0.276 e. The van der Waals surface area contributed by atoms with Crippen LogP contribution in [0, 0.1) is 12.3 Å². The highest BCUT2D eigenvalue weighted by molar-refractivity contribution is 6.05. The van der Waals surface area contributed by atoms with E-state index >= 15 is 0 Å². The van der Waals surface area contributed by atoms with Gasteiger partial charge in [-0.05, 0) is 37.1 Å². The van der Waals surface area contributed by atoms with Crippen LogP contribution in [0.15, 0.2) is 24.4 Å². The van der Waals surface area contributed by atoms with Crippen LogP contribution in [0.2, 0.25) is 0 Å². The lowest BCUT2D eigenvalue weighted by Gasteiger charge is -2.29. The molecule has 2 aromatic rings. The molecule has 10 nitrogen and oxygen atoms in total. The van der Waals surface area contributed by atoms with Gasteiger partial charge in [-0.15, -0.1) is 17.4 Å². The standard InChI is InChI=1S/C22H22N6O4/c1-4-5-13(2)26(3)22(32)17-12-28(25-24-17)15-6-7-16-14(10-15)11-27(21(16)31)18-8-9-19(29)23-20(18)30/h1,6-7,10,12-13,18H,5,8-9,11H2,2-3H3,(H,23,29,30). The van der Waals surface area contributed by atoms with E-state index in [9.17, 15) is 19.2 Å². The molecule has 1 aromatic carbocycles. The van der Waals surface area contributed by atoms with E-state index in [1.54, 1.807) is 25.2 Å². The Labute approximate surface area is 184 Å². The fourth-order valence-electron chi connectivity index (χ4n) is 3.88. The first kappa shape index (κ1) is 21.2. The van der Waals surface area contributed by atoms with Crippen LogP contribution in [0.3, 0.4) is 0 Å². The van der Waals surface area contributed by atoms with Crippen LogP contribution in [-0.4, -0.2) is 67.6 Å². The summed E-state index contributed by atoms with van der Waals surface area (Å²) < 4.78 is 1.46. The zero-order chi connectivity index (χ0) is 23.0. The lowest BCUT2D eigenvalue weighted by Crippen LogP contribution is -2.52. The van der Waals surface area contributed by atoms with Crippen LogP contribution in [0.5, 0.6) is 0 Å². The number of piperidine rings is 1. The molecule has 1 fully saturated rings. The summed E-state index contributed by atoms with van der Waals surface area (Å²) in [5.41, 5.74) is 2.05. The van der Waals surface area contributed by atoms with Gasteiger partial charge in [-0.1, -0.05) is 5.21 Å². The molecular weight excluding hydrogens is 412 g/mol. The molecule has 10 heteroatoms. The second-order valence-corrected chi connectivity index (χ2v) is 7.96. The summed E-state index contributed by atoms with van der Waals surface area (Å²) in [6, 6.07) is 4.35. The number of benzene rings is 1. The minimum atomic E-state index is -0.674. The Bertz CT molecular complexity index is 1160. The molecule has 2 atom stereocenters. The average Bonchev–Trinajstić information content (AvgIpc) is 3.38. The van der Waals surface area contributed by atoms with E-state index in [0.717, 1.165) is 5.56 Å². The number of fused-ring (bicyclic) bond motifs is 1. The summed E-state index contributed by atoms with van der Waals surface area (Å²) in [6.45, 7) is 2.11. The number of terminal acetylenes is 1. The first-order valence-corrected chi connectivity index (χ1v) is 10.2. The second-order valence-electron chi connectivity index (χ2n) is 7.96. The second kappa shape index (κ2) is 8.26. The van der Waals surface area contributed by atoms with Crippen molar-refractivity contribution in [3.63, 3.8) is 0 Å². The van der Waals surface area contributed by atoms with Gasteiger partial charge in [0.05, 0.1) is 11.9 Å². The van der Waals surface area contributed by atoms with Crippen molar-refractivity contribution >= 4 is 23.6 Å². The summed E-state index contributed by atoms with van der Waals surface area (Å²) in [4.78, 5) is 52.1. The van der Waals surface area contributed by atoms with E-state index in [0.29, 0.717) is 24.1 Å². The molecule has 2 unspecified atom stereocenters. The number of nitrogens with zero attached hydrogens (tertiary/aromatic N) is 5. The van der Waals surface area contributed by atoms with Gasteiger partial charge in [0.25, 0.3) is 11.8 Å². The molecule has 4 rings (SSSR count). The molecule has 3 heterocycles. The van der Waals surface area contributed by atoms with E-state index in [-0.39, 0.29) is 42.4 Å². The molecule has 0 spiro atoms. The van der Waals surface area contributed by atoms with Gasteiger partial charge < -0.3 is 9.80 Å². The lowest BCUT2D eigenvalue weighted by molar-refractivity contribution is -0.136. The Balaban J connectivity index is 1.53. The van der Waals surface area contributed by atoms with E-state index in [2.05, 4.69) is 21.5 Å². The third-order valence-electron chi connectivity index (χ3n) is 5.88. The van der Waals surface area contributed by atoms with Gasteiger partial charge in [-0.25, -0.2) is 4.68 Å². The Morgan fingerprint density at radius 1 is 1.38 bits per heavy atom. The fraction of sp³-hybridized carbons (Fsp3) is 0.364. The summed E-state index contributed by atoms with van der Waals surface area (Å²) >= 11 is 0. The molecule has 2 aliphatic rings. The first-order valence-electron chi connectivity index (χ1n) is 10.2. The predicted molar refractivity (Wildman–Crippen MR) is 112 cm³/mol. The maximum absolute atomic E-state index is 12.8. The van der Waals surface area contributed by atoms with Crippen molar-refractivity contribution < 1.29 is 19.2 Å². The molecule has 0 bridgehead atoms. The summed E-state index contributed by atoms with van der Waals surface area (Å²) in [5, 5.41) is 10.3. The molecule has 0 saturated carbocycles. The number of hydrogen-bond acceptors (Lipinski definition) is 6. The van der Waals surface area contributed by atoms with E-state index in [1.807, 2.05) is 6.92 Å². The summed E-state index contributed by atoms with van der Waals surface area (Å²) in [6.07, 6.45) is 7.79. The molecule has 4 amide bonds. The Morgan fingerprint density at radius 2 is 2.16 bits per heavy atom. The number of carbonyl (C=O) groups excluding carboxylic acids is 4. The number of nitrogens with one attached hydrogen (secondary N) is 1. The SMILES string of the molecule is C#CCC(C)N(C)C(=O)c1cn(-c2ccc3c(c2)CN(C2CCC(=O)NC2=O)C3=O)nn1. The lowest BCUT2D eigenvalue weighted by atomic mass is 10.0. The highest BCUT2D eigenvalue weighted by atomic mass is 16.2. The van der Waals surface area contributed by atoms with Crippen LogP contribution < -0.4 is 5.32 Å². The molecule has 1 aromatic heterocycles. The van der Waals surface area contributed by atoms with Crippen molar-refractivity contribution in [1.82, 2.24) is 30.1 Å². The first-order chi connectivity index (χ1) is 15.3. The molecule has 164 valence electrons. The molecule has 32 heavy (non-hydrogen) atoms. The van der Waals surface area contributed by atoms with Crippen LogP contribution in [0.4, 0.5) is 0 Å². The van der Waals surface area contributed by atoms with Crippen molar-refractivity contribution in [2.24, 2.45) is 0 Å². The molecule has 0 radical (unpaired) electrons. The Morgan fingerprint density at radius 3 is 2.88 bits per heavy atom. The predicted octanol–water partition coefficient (Wildman–Crippen LogP) is 0.512. The highest BCUT2D eigenvalue weighted by Gasteiger charge is 2.39. The van der Waals surface area contributed by atoms with Crippen LogP contribution >= 0.6 is 0 Å². The van der Waals surface area contributed by atoms with Crippen LogP contribution in [0.25, 0.3) is 5.69 Å². The summed E-state index contributed by atoms with van der Waals surface area (Å²) in [7, 11) is 1.66. The third-order valence-corrected chi connectivity index (χ3v) is 5.88. The molecular formula is C22H22N6O4. The monoisotopic (exact) mass is 434 g/mol.